The number of rotatable bonds is 6. The Morgan fingerprint density at radius 3 is 2.41 bits per heavy atom. The molecule has 0 aliphatic rings. The van der Waals surface area contributed by atoms with Crippen LogP contribution >= 0.6 is 11.3 Å². The van der Waals surface area contributed by atoms with E-state index in [2.05, 4.69) is 51.3 Å². The van der Waals surface area contributed by atoms with Crippen molar-refractivity contribution in [1.82, 2.24) is 10.6 Å². The molecule has 3 heteroatoms. The first-order valence-electron chi connectivity index (χ1n) is 6.40. The van der Waals surface area contributed by atoms with Crippen LogP contribution in [0.15, 0.2) is 6.07 Å². The van der Waals surface area contributed by atoms with Gasteiger partial charge >= 0.3 is 0 Å². The third-order valence-corrected chi connectivity index (χ3v) is 3.85. The fraction of sp³-hybridized carbons (Fsp3) is 0.714. The van der Waals surface area contributed by atoms with Gasteiger partial charge in [0.15, 0.2) is 0 Å². The van der Waals surface area contributed by atoms with Crippen molar-refractivity contribution in [3.63, 3.8) is 0 Å². The summed E-state index contributed by atoms with van der Waals surface area (Å²) in [6, 6.07) is 2.29. The van der Waals surface area contributed by atoms with E-state index in [1.165, 1.54) is 21.7 Å². The van der Waals surface area contributed by atoms with Gasteiger partial charge in [-0.15, -0.1) is 11.3 Å². The Labute approximate surface area is 110 Å². The molecule has 0 unspecified atom stereocenters. The summed E-state index contributed by atoms with van der Waals surface area (Å²) in [5.41, 5.74) is 1.66. The van der Waals surface area contributed by atoms with Gasteiger partial charge in [0.2, 0.25) is 0 Å². The zero-order chi connectivity index (χ0) is 12.9. The number of hydrogen-bond acceptors (Lipinski definition) is 3. The first kappa shape index (κ1) is 14.7. The van der Waals surface area contributed by atoms with Crippen molar-refractivity contribution in [1.29, 1.82) is 0 Å². The highest BCUT2D eigenvalue weighted by Crippen LogP contribution is 2.20. The van der Waals surface area contributed by atoms with E-state index in [0.29, 0.717) is 0 Å². The van der Waals surface area contributed by atoms with Gasteiger partial charge in [0.25, 0.3) is 0 Å². The van der Waals surface area contributed by atoms with Crippen molar-refractivity contribution >= 4 is 11.3 Å². The molecule has 0 radical (unpaired) electrons. The Kier molecular flexibility index (Phi) is 5.63. The zero-order valence-corrected chi connectivity index (χ0v) is 12.6. The monoisotopic (exact) mass is 254 g/mol. The molecule has 0 bridgehead atoms. The number of thiophene rings is 1. The smallest absolute Gasteiger partial charge is 0.0299 e. The Balaban J connectivity index is 2.09. The average Bonchev–Trinajstić information content (AvgIpc) is 2.50. The first-order chi connectivity index (χ1) is 7.88. The van der Waals surface area contributed by atoms with Gasteiger partial charge in [0.05, 0.1) is 0 Å². The minimum Gasteiger partial charge on any atom is -0.312 e. The summed E-state index contributed by atoms with van der Waals surface area (Å²) in [6.45, 7) is 14.2. The maximum Gasteiger partial charge on any atom is 0.0299 e. The average molecular weight is 254 g/mol. The van der Waals surface area contributed by atoms with Crippen LogP contribution < -0.4 is 10.6 Å². The number of aryl methyl sites for hydroxylation is 2. The van der Waals surface area contributed by atoms with Gasteiger partial charge < -0.3 is 10.6 Å². The lowest BCUT2D eigenvalue weighted by Crippen LogP contribution is -2.37. The topological polar surface area (TPSA) is 24.1 Å². The normalized spacial score (nSPS) is 12.1. The van der Waals surface area contributed by atoms with E-state index in [9.17, 15) is 0 Å². The van der Waals surface area contributed by atoms with E-state index >= 15 is 0 Å². The van der Waals surface area contributed by atoms with Gasteiger partial charge in [-0.1, -0.05) is 0 Å². The van der Waals surface area contributed by atoms with E-state index in [1.54, 1.807) is 0 Å². The lowest BCUT2D eigenvalue weighted by molar-refractivity contribution is 0.418. The summed E-state index contributed by atoms with van der Waals surface area (Å²) < 4.78 is 0. The minimum atomic E-state index is 0.238. The highest BCUT2D eigenvalue weighted by atomic mass is 32.1. The largest absolute Gasteiger partial charge is 0.312 e. The second kappa shape index (κ2) is 6.53. The van der Waals surface area contributed by atoms with Crippen LogP contribution in [0.1, 0.15) is 42.5 Å². The Morgan fingerprint density at radius 1 is 1.18 bits per heavy atom. The molecule has 0 saturated heterocycles. The van der Waals surface area contributed by atoms with Gasteiger partial charge in [-0.2, -0.15) is 0 Å². The molecule has 17 heavy (non-hydrogen) atoms. The van der Waals surface area contributed by atoms with E-state index in [-0.39, 0.29) is 5.54 Å². The van der Waals surface area contributed by atoms with Gasteiger partial charge in [-0.05, 0) is 65.8 Å². The molecule has 0 fully saturated rings. The highest BCUT2D eigenvalue weighted by Gasteiger charge is 2.06. The fourth-order valence-electron chi connectivity index (χ4n) is 1.63. The standard InChI is InChI=1S/C14H26N2S/c1-11-9-13(17-12(11)2)10-15-7-6-8-16-14(3,4)5/h9,15-16H,6-8,10H2,1-5H3. The molecular formula is C14H26N2S. The molecule has 2 N–H and O–H groups in total. The molecule has 1 aromatic heterocycles. The van der Waals surface area contributed by atoms with Crippen LogP contribution in [-0.2, 0) is 6.54 Å². The van der Waals surface area contributed by atoms with Crippen LogP contribution in [0.25, 0.3) is 0 Å². The Hall–Kier alpha value is -0.380. The maximum absolute atomic E-state index is 3.50. The van der Waals surface area contributed by atoms with Crippen molar-refractivity contribution in [2.24, 2.45) is 0 Å². The summed E-state index contributed by atoms with van der Waals surface area (Å²) in [4.78, 5) is 2.89. The third kappa shape index (κ3) is 6.20. The van der Waals surface area contributed by atoms with E-state index in [0.717, 1.165) is 19.6 Å². The van der Waals surface area contributed by atoms with Crippen LogP contribution in [0, 0.1) is 13.8 Å². The molecular weight excluding hydrogens is 228 g/mol. The van der Waals surface area contributed by atoms with Gasteiger partial charge in [-0.25, -0.2) is 0 Å². The van der Waals surface area contributed by atoms with Gasteiger partial charge in [0.1, 0.15) is 0 Å². The van der Waals surface area contributed by atoms with E-state index < -0.39 is 0 Å². The van der Waals surface area contributed by atoms with Crippen molar-refractivity contribution in [3.8, 4) is 0 Å². The summed E-state index contributed by atoms with van der Waals surface area (Å²) in [7, 11) is 0. The molecule has 98 valence electrons. The maximum atomic E-state index is 3.50. The second-order valence-electron chi connectivity index (χ2n) is 5.66. The molecule has 1 heterocycles. The van der Waals surface area contributed by atoms with Crippen LogP contribution in [0.5, 0.6) is 0 Å². The quantitative estimate of drug-likeness (QED) is 0.762. The second-order valence-corrected chi connectivity index (χ2v) is 7.00. The van der Waals surface area contributed by atoms with Gasteiger partial charge in [0, 0.05) is 21.8 Å². The molecule has 0 atom stereocenters. The molecule has 1 rings (SSSR count). The van der Waals surface area contributed by atoms with Crippen LogP contribution in [0.4, 0.5) is 0 Å². The molecule has 0 aliphatic heterocycles. The van der Waals surface area contributed by atoms with Gasteiger partial charge in [-0.3, -0.25) is 0 Å². The molecule has 0 aliphatic carbocycles. The summed E-state index contributed by atoms with van der Waals surface area (Å²) in [6.07, 6.45) is 1.18. The number of nitrogens with one attached hydrogen (secondary N) is 2. The van der Waals surface area contributed by atoms with Crippen molar-refractivity contribution in [2.75, 3.05) is 13.1 Å². The summed E-state index contributed by atoms with van der Waals surface area (Å²) >= 11 is 1.90. The van der Waals surface area contributed by atoms with E-state index in [1.807, 2.05) is 11.3 Å². The Bertz CT molecular complexity index is 317. The van der Waals surface area contributed by atoms with Crippen LogP contribution in [0.3, 0.4) is 0 Å². The summed E-state index contributed by atoms with van der Waals surface area (Å²) in [5.74, 6) is 0. The third-order valence-electron chi connectivity index (χ3n) is 2.70. The van der Waals surface area contributed by atoms with Crippen molar-refractivity contribution in [2.45, 2.75) is 53.1 Å². The molecule has 1 aromatic rings. The minimum absolute atomic E-state index is 0.238. The first-order valence-corrected chi connectivity index (χ1v) is 7.22. The van der Waals surface area contributed by atoms with Crippen LogP contribution in [-0.4, -0.2) is 18.6 Å². The van der Waals surface area contributed by atoms with E-state index in [4.69, 9.17) is 0 Å². The Morgan fingerprint density at radius 2 is 1.88 bits per heavy atom. The highest BCUT2D eigenvalue weighted by molar-refractivity contribution is 7.12. The van der Waals surface area contributed by atoms with Crippen LogP contribution in [0.2, 0.25) is 0 Å². The summed E-state index contributed by atoms with van der Waals surface area (Å²) in [5, 5.41) is 7.00. The molecule has 0 amide bonds. The predicted molar refractivity (Wildman–Crippen MR) is 77.9 cm³/mol. The number of hydrogen-bond donors (Lipinski definition) is 2. The SMILES string of the molecule is Cc1cc(CNCCCNC(C)(C)C)sc1C. The predicted octanol–water partition coefficient (Wildman–Crippen LogP) is 3.23. The molecule has 0 aromatic carbocycles. The lowest BCUT2D eigenvalue weighted by atomic mass is 10.1. The van der Waals surface area contributed by atoms with Crippen molar-refractivity contribution < 1.29 is 0 Å². The molecule has 2 nitrogen and oxygen atoms in total. The lowest BCUT2D eigenvalue weighted by Gasteiger charge is -2.20. The molecule has 0 saturated carbocycles. The van der Waals surface area contributed by atoms with Crippen molar-refractivity contribution in [3.05, 3.63) is 21.4 Å². The fourth-order valence-corrected chi connectivity index (χ4v) is 2.65. The molecule has 0 spiro atoms. The zero-order valence-electron chi connectivity index (χ0n) is 11.8.